The molecule has 0 radical (unpaired) electrons. The van der Waals surface area contributed by atoms with Gasteiger partial charge in [-0.25, -0.2) is 0 Å². The molecule has 1 saturated carbocycles. The first-order valence-electron chi connectivity index (χ1n) is 8.65. The molecule has 2 bridgehead atoms. The number of ketones is 1. The quantitative estimate of drug-likeness (QED) is 0.802. The number of carbonyl (C=O) groups excluding carboxylic acids is 1. The first-order chi connectivity index (χ1) is 11.5. The molecule has 126 valence electrons. The van der Waals surface area contributed by atoms with Crippen LogP contribution in [0.2, 0.25) is 0 Å². The Morgan fingerprint density at radius 2 is 2.25 bits per heavy atom. The number of aromatic hydroxyl groups is 1. The molecule has 1 saturated heterocycles. The van der Waals surface area contributed by atoms with Gasteiger partial charge in [-0.1, -0.05) is 12.1 Å². The Hall–Kier alpha value is -1.85. The van der Waals surface area contributed by atoms with E-state index in [9.17, 15) is 15.0 Å². The molecule has 5 nitrogen and oxygen atoms in total. The summed E-state index contributed by atoms with van der Waals surface area (Å²) in [6, 6.07) is 3.52. The standard InChI is InChI=1S/C19H21NO4/c1-2-8-20-9-7-18-15-11-3-4-12(21)16(15)24-17(18)13(22)5-6-19(18,23)14(20)10-11/h2-4,14,17,21,23H,1,5-10H2/t14-,17+,18-,19-/m1/s1. The van der Waals surface area contributed by atoms with Crippen molar-refractivity contribution in [2.75, 3.05) is 13.1 Å². The number of hydrogen-bond donors (Lipinski definition) is 2. The Morgan fingerprint density at radius 1 is 1.42 bits per heavy atom. The second-order valence-corrected chi connectivity index (χ2v) is 7.56. The van der Waals surface area contributed by atoms with Crippen LogP contribution in [0.3, 0.4) is 0 Å². The van der Waals surface area contributed by atoms with Crippen LogP contribution in [0.1, 0.15) is 30.4 Å². The van der Waals surface area contributed by atoms with Crippen LogP contribution in [0.4, 0.5) is 0 Å². The van der Waals surface area contributed by atoms with Crippen molar-refractivity contribution in [2.45, 2.75) is 48.8 Å². The molecule has 0 aromatic heterocycles. The van der Waals surface area contributed by atoms with Crippen molar-refractivity contribution in [3.05, 3.63) is 35.9 Å². The third-order valence-corrected chi connectivity index (χ3v) is 6.73. The number of carbonyl (C=O) groups is 1. The minimum atomic E-state index is -1.00. The summed E-state index contributed by atoms with van der Waals surface area (Å²) in [5.41, 5.74) is 0.256. The van der Waals surface area contributed by atoms with E-state index in [1.807, 2.05) is 12.1 Å². The number of nitrogens with zero attached hydrogens (tertiary/aromatic N) is 1. The molecule has 4 aliphatic rings. The van der Waals surface area contributed by atoms with E-state index < -0.39 is 17.1 Å². The maximum Gasteiger partial charge on any atom is 0.174 e. The van der Waals surface area contributed by atoms with E-state index in [1.165, 1.54) is 0 Å². The van der Waals surface area contributed by atoms with Gasteiger partial charge in [0.2, 0.25) is 0 Å². The number of piperidine rings is 1. The third kappa shape index (κ3) is 1.38. The van der Waals surface area contributed by atoms with Gasteiger partial charge >= 0.3 is 0 Å². The lowest BCUT2D eigenvalue weighted by Crippen LogP contribution is -2.76. The summed E-state index contributed by atoms with van der Waals surface area (Å²) in [7, 11) is 0. The number of rotatable bonds is 2. The number of Topliss-reactive ketones (excluding diaryl/α,β-unsaturated/α-hetero) is 1. The van der Waals surface area contributed by atoms with Crippen molar-refractivity contribution in [3.8, 4) is 11.5 Å². The molecule has 24 heavy (non-hydrogen) atoms. The van der Waals surface area contributed by atoms with E-state index in [2.05, 4.69) is 11.5 Å². The molecule has 2 N–H and O–H groups in total. The number of benzene rings is 1. The molecule has 1 aromatic carbocycles. The fourth-order valence-electron chi connectivity index (χ4n) is 5.80. The highest BCUT2D eigenvalue weighted by molar-refractivity contribution is 5.90. The van der Waals surface area contributed by atoms with Gasteiger partial charge in [0.05, 0.1) is 11.0 Å². The third-order valence-electron chi connectivity index (χ3n) is 6.73. The Balaban J connectivity index is 1.80. The number of phenols is 1. The lowest BCUT2D eigenvalue weighted by Gasteiger charge is -2.62. The number of phenolic OH excluding ortho intramolecular Hbond substituents is 1. The SMILES string of the molecule is C=CCN1CC[C@@]23c4c5ccc(O)c4O[C@H]2C(=O)CC[C@@]3(O)[C@H]1C5. The smallest absolute Gasteiger partial charge is 0.174 e. The fourth-order valence-corrected chi connectivity index (χ4v) is 5.80. The second-order valence-electron chi connectivity index (χ2n) is 7.56. The van der Waals surface area contributed by atoms with Gasteiger partial charge in [0.25, 0.3) is 0 Å². The summed E-state index contributed by atoms with van der Waals surface area (Å²) in [6.07, 6.45) is 3.35. The number of hydrogen-bond acceptors (Lipinski definition) is 5. The fraction of sp³-hybridized carbons (Fsp3) is 0.526. The summed E-state index contributed by atoms with van der Waals surface area (Å²) in [4.78, 5) is 14.9. The molecular weight excluding hydrogens is 306 g/mol. The summed E-state index contributed by atoms with van der Waals surface area (Å²) in [6.45, 7) is 5.36. The Kier molecular flexibility index (Phi) is 2.66. The molecule has 0 amide bonds. The minimum Gasteiger partial charge on any atom is -0.504 e. The maximum absolute atomic E-state index is 12.6. The van der Waals surface area contributed by atoms with E-state index in [-0.39, 0.29) is 17.6 Å². The molecule has 5 heteroatoms. The van der Waals surface area contributed by atoms with E-state index in [0.717, 1.165) is 24.2 Å². The first-order valence-corrected chi connectivity index (χ1v) is 8.65. The van der Waals surface area contributed by atoms with Crippen LogP contribution in [0.5, 0.6) is 11.5 Å². The van der Waals surface area contributed by atoms with Crippen LogP contribution in [0, 0.1) is 0 Å². The van der Waals surface area contributed by atoms with Crippen LogP contribution >= 0.6 is 0 Å². The average molecular weight is 327 g/mol. The Morgan fingerprint density at radius 3 is 3.04 bits per heavy atom. The molecule has 2 aliphatic heterocycles. The van der Waals surface area contributed by atoms with Crippen molar-refractivity contribution < 1.29 is 19.7 Å². The molecule has 2 fully saturated rings. The normalized spacial score (nSPS) is 39.3. The predicted molar refractivity (Wildman–Crippen MR) is 87.3 cm³/mol. The van der Waals surface area contributed by atoms with Gasteiger partial charge < -0.3 is 14.9 Å². The summed E-state index contributed by atoms with van der Waals surface area (Å²) < 4.78 is 5.98. The highest BCUT2D eigenvalue weighted by atomic mass is 16.5. The summed E-state index contributed by atoms with van der Waals surface area (Å²) in [5, 5.41) is 22.1. The zero-order valence-electron chi connectivity index (χ0n) is 13.5. The van der Waals surface area contributed by atoms with Crippen LogP contribution in [-0.4, -0.2) is 51.7 Å². The van der Waals surface area contributed by atoms with Gasteiger partial charge in [0, 0.05) is 31.1 Å². The van der Waals surface area contributed by atoms with Gasteiger partial charge in [-0.2, -0.15) is 0 Å². The van der Waals surface area contributed by atoms with Crippen LogP contribution in [0.15, 0.2) is 24.8 Å². The van der Waals surface area contributed by atoms with Crippen molar-refractivity contribution in [2.24, 2.45) is 0 Å². The number of aliphatic hydroxyl groups is 1. The first kappa shape index (κ1) is 14.5. The lowest BCUT2D eigenvalue weighted by atomic mass is 9.49. The van der Waals surface area contributed by atoms with E-state index in [1.54, 1.807) is 6.07 Å². The molecule has 5 rings (SSSR count). The Labute approximate surface area is 140 Å². The van der Waals surface area contributed by atoms with Gasteiger partial charge in [0.1, 0.15) is 0 Å². The molecule has 2 heterocycles. The van der Waals surface area contributed by atoms with Gasteiger partial charge in [-0.05, 0) is 30.9 Å². The number of likely N-dealkylation sites (tertiary alicyclic amines) is 1. The van der Waals surface area contributed by atoms with E-state index in [4.69, 9.17) is 4.74 Å². The topological polar surface area (TPSA) is 70.0 Å². The van der Waals surface area contributed by atoms with Crippen LogP contribution in [-0.2, 0) is 16.6 Å². The average Bonchev–Trinajstić information content (AvgIpc) is 2.91. The number of ether oxygens (including phenoxy) is 1. The molecule has 1 spiro atoms. The van der Waals surface area contributed by atoms with E-state index in [0.29, 0.717) is 31.4 Å². The monoisotopic (exact) mass is 327 g/mol. The van der Waals surface area contributed by atoms with Crippen molar-refractivity contribution in [1.29, 1.82) is 0 Å². The molecule has 2 aliphatic carbocycles. The zero-order chi connectivity index (χ0) is 16.7. The highest BCUT2D eigenvalue weighted by Crippen LogP contribution is 2.64. The largest absolute Gasteiger partial charge is 0.504 e. The second kappa shape index (κ2) is 4.41. The minimum absolute atomic E-state index is 0.0408. The zero-order valence-corrected chi connectivity index (χ0v) is 13.5. The molecule has 1 aromatic rings. The predicted octanol–water partition coefficient (Wildman–Crippen LogP) is 1.30. The van der Waals surface area contributed by atoms with E-state index >= 15 is 0 Å². The van der Waals surface area contributed by atoms with Gasteiger partial charge in [-0.3, -0.25) is 9.69 Å². The molecule has 0 unspecified atom stereocenters. The van der Waals surface area contributed by atoms with Gasteiger partial charge in [-0.15, -0.1) is 6.58 Å². The molecular formula is C19H21NO4. The molecule has 4 atom stereocenters. The van der Waals surface area contributed by atoms with Crippen molar-refractivity contribution in [1.82, 2.24) is 4.90 Å². The maximum atomic E-state index is 12.6. The summed E-state index contributed by atoms with van der Waals surface area (Å²) >= 11 is 0. The van der Waals surface area contributed by atoms with Crippen LogP contribution in [0.25, 0.3) is 0 Å². The Bertz CT molecular complexity index is 775. The van der Waals surface area contributed by atoms with Gasteiger partial charge in [0.15, 0.2) is 23.4 Å². The van der Waals surface area contributed by atoms with Crippen molar-refractivity contribution in [3.63, 3.8) is 0 Å². The highest BCUT2D eigenvalue weighted by Gasteiger charge is 2.72. The lowest BCUT2D eigenvalue weighted by molar-refractivity contribution is -0.187. The van der Waals surface area contributed by atoms with Crippen molar-refractivity contribution >= 4 is 5.78 Å². The summed E-state index contributed by atoms with van der Waals surface area (Å²) in [5.74, 6) is 0.528. The van der Waals surface area contributed by atoms with Crippen LogP contribution < -0.4 is 4.74 Å².